The molecule has 0 amide bonds. The first-order valence-corrected chi connectivity index (χ1v) is 9.51. The van der Waals surface area contributed by atoms with Crippen molar-refractivity contribution in [2.45, 2.75) is 60.1 Å². The molecule has 2 rings (SSSR count). The third-order valence-corrected chi connectivity index (χ3v) is 4.80. The molecule has 1 heterocycles. The predicted octanol–water partition coefficient (Wildman–Crippen LogP) is 5.65. The van der Waals surface area contributed by atoms with Crippen molar-refractivity contribution < 1.29 is 9.84 Å². The molecule has 1 aromatic carbocycles. The van der Waals surface area contributed by atoms with Crippen molar-refractivity contribution in [1.29, 1.82) is 0 Å². The van der Waals surface area contributed by atoms with Gasteiger partial charge in [0.25, 0.3) is 0 Å². The lowest BCUT2D eigenvalue weighted by molar-refractivity contribution is 0.275. The highest BCUT2D eigenvalue weighted by Gasteiger charge is 2.17. The number of nitrogens with zero attached hydrogens (tertiary/aromatic N) is 1. The lowest BCUT2D eigenvalue weighted by atomic mass is 10.1. The van der Waals surface area contributed by atoms with Gasteiger partial charge in [0, 0.05) is 21.9 Å². The molecule has 0 atom stereocenters. The number of hydrogen-bond donors (Lipinski definition) is 2. The van der Waals surface area contributed by atoms with Gasteiger partial charge in [0.15, 0.2) is 0 Å². The molecule has 0 fully saturated rings. The van der Waals surface area contributed by atoms with Crippen molar-refractivity contribution in [1.82, 2.24) is 4.98 Å². The number of rotatable bonds is 7. The van der Waals surface area contributed by atoms with Crippen molar-refractivity contribution in [3.05, 3.63) is 45.1 Å². The maximum atomic E-state index is 9.94. The summed E-state index contributed by atoms with van der Waals surface area (Å²) < 4.78 is 7.17. The Balaban J connectivity index is 2.46. The van der Waals surface area contributed by atoms with Gasteiger partial charge in [-0.1, -0.05) is 29.8 Å². The second-order valence-electron chi connectivity index (χ2n) is 6.38. The van der Waals surface area contributed by atoms with Gasteiger partial charge in [0.1, 0.15) is 5.75 Å². The van der Waals surface area contributed by atoms with E-state index in [0.717, 1.165) is 45.6 Å². The molecule has 136 valence electrons. The van der Waals surface area contributed by atoms with Crippen LogP contribution in [0.5, 0.6) is 11.6 Å². The maximum Gasteiger partial charge on any atom is 0.227 e. The van der Waals surface area contributed by atoms with E-state index in [0.29, 0.717) is 17.5 Å². The molecule has 0 aliphatic rings. The first-order chi connectivity index (χ1) is 11.9. The van der Waals surface area contributed by atoms with Crippen molar-refractivity contribution >= 4 is 21.6 Å². The van der Waals surface area contributed by atoms with Crippen LogP contribution in [-0.4, -0.2) is 16.1 Å². The monoisotopic (exact) mass is 406 g/mol. The highest BCUT2D eigenvalue weighted by Crippen LogP contribution is 2.35. The zero-order valence-electron chi connectivity index (χ0n) is 15.6. The van der Waals surface area contributed by atoms with E-state index in [1.54, 1.807) is 0 Å². The summed E-state index contributed by atoms with van der Waals surface area (Å²) >= 11 is 3.51. The highest BCUT2D eigenvalue weighted by atomic mass is 79.9. The summed E-state index contributed by atoms with van der Waals surface area (Å²) in [5.74, 6) is 1.24. The molecule has 0 saturated heterocycles. The van der Waals surface area contributed by atoms with E-state index in [2.05, 4.69) is 40.1 Å². The van der Waals surface area contributed by atoms with E-state index in [4.69, 9.17) is 4.74 Å². The molecule has 2 N–H and O–H groups in total. The van der Waals surface area contributed by atoms with E-state index in [1.807, 2.05) is 39.0 Å². The van der Waals surface area contributed by atoms with E-state index in [-0.39, 0.29) is 6.61 Å². The molecular formula is C20H27BrN2O2. The molecule has 0 aliphatic carbocycles. The standard InChI is InChI=1S/C20H27BrN2O2/c1-6-16(7-2)23-18-10-14(5)22-20(17(18)11-24)25-19-12(3)8-15(21)9-13(19)4/h8-10,16,24H,6-7,11H2,1-5H3,(H,22,23). The van der Waals surface area contributed by atoms with Gasteiger partial charge in [-0.3, -0.25) is 0 Å². The Hall–Kier alpha value is -1.59. The average molecular weight is 407 g/mol. The van der Waals surface area contributed by atoms with E-state index >= 15 is 0 Å². The second kappa shape index (κ2) is 8.68. The Bertz CT molecular complexity index is 720. The number of aryl methyl sites for hydroxylation is 3. The molecule has 1 aromatic heterocycles. The smallest absolute Gasteiger partial charge is 0.227 e. The Labute approximate surface area is 158 Å². The highest BCUT2D eigenvalue weighted by molar-refractivity contribution is 9.10. The molecule has 0 bridgehead atoms. The van der Waals surface area contributed by atoms with Gasteiger partial charge in [-0.25, -0.2) is 4.98 Å². The molecule has 0 aliphatic heterocycles. The molecular weight excluding hydrogens is 380 g/mol. The van der Waals surface area contributed by atoms with Crippen LogP contribution in [-0.2, 0) is 6.61 Å². The number of anilines is 1. The van der Waals surface area contributed by atoms with Crippen LogP contribution in [0.1, 0.15) is 49.1 Å². The zero-order chi connectivity index (χ0) is 18.6. The molecule has 25 heavy (non-hydrogen) atoms. The number of aliphatic hydroxyl groups is 1. The van der Waals surface area contributed by atoms with Gasteiger partial charge in [0.2, 0.25) is 5.88 Å². The van der Waals surface area contributed by atoms with Gasteiger partial charge in [-0.05, 0) is 62.9 Å². The molecule has 5 heteroatoms. The molecule has 4 nitrogen and oxygen atoms in total. The number of halogens is 1. The van der Waals surface area contributed by atoms with Crippen LogP contribution in [0, 0.1) is 20.8 Å². The molecule has 0 unspecified atom stereocenters. The molecule has 2 aromatic rings. The van der Waals surface area contributed by atoms with Gasteiger partial charge in [-0.15, -0.1) is 0 Å². The fourth-order valence-corrected chi connectivity index (χ4v) is 3.59. The summed E-state index contributed by atoms with van der Waals surface area (Å²) in [7, 11) is 0. The summed E-state index contributed by atoms with van der Waals surface area (Å²) in [5, 5.41) is 13.5. The Morgan fingerprint density at radius 2 is 1.72 bits per heavy atom. The summed E-state index contributed by atoms with van der Waals surface area (Å²) in [6.07, 6.45) is 2.04. The Kier molecular flexibility index (Phi) is 6.85. The largest absolute Gasteiger partial charge is 0.438 e. The summed E-state index contributed by atoms with van der Waals surface area (Å²) in [6, 6.07) is 6.36. The first kappa shape index (κ1) is 19.7. The second-order valence-corrected chi connectivity index (χ2v) is 7.30. The van der Waals surface area contributed by atoms with Crippen LogP contribution in [0.3, 0.4) is 0 Å². The fourth-order valence-electron chi connectivity index (χ4n) is 2.90. The number of benzene rings is 1. The Morgan fingerprint density at radius 3 is 2.24 bits per heavy atom. The van der Waals surface area contributed by atoms with E-state index in [9.17, 15) is 5.11 Å². The van der Waals surface area contributed by atoms with Crippen molar-refractivity contribution in [3.63, 3.8) is 0 Å². The quantitative estimate of drug-likeness (QED) is 0.622. The lowest BCUT2D eigenvalue weighted by Crippen LogP contribution is -2.18. The van der Waals surface area contributed by atoms with E-state index in [1.165, 1.54) is 0 Å². The molecule has 0 saturated carbocycles. The summed E-state index contributed by atoms with van der Waals surface area (Å²) in [4.78, 5) is 4.53. The van der Waals surface area contributed by atoms with E-state index < -0.39 is 0 Å². The van der Waals surface area contributed by atoms with Gasteiger partial charge in [-0.2, -0.15) is 0 Å². The normalized spacial score (nSPS) is 11.0. The first-order valence-electron chi connectivity index (χ1n) is 8.72. The fraction of sp³-hybridized carbons (Fsp3) is 0.450. The van der Waals surface area contributed by atoms with Crippen LogP contribution >= 0.6 is 15.9 Å². The number of aliphatic hydroxyl groups excluding tert-OH is 1. The number of nitrogens with one attached hydrogen (secondary N) is 1. The molecule has 0 radical (unpaired) electrons. The van der Waals surface area contributed by atoms with Crippen LogP contribution < -0.4 is 10.1 Å². The number of aromatic nitrogens is 1. The SMILES string of the molecule is CCC(CC)Nc1cc(C)nc(Oc2c(C)cc(Br)cc2C)c1CO. The third kappa shape index (κ3) is 4.73. The lowest BCUT2D eigenvalue weighted by Gasteiger charge is -2.21. The Morgan fingerprint density at radius 1 is 1.12 bits per heavy atom. The summed E-state index contributed by atoms with van der Waals surface area (Å²) in [5.41, 5.74) is 4.49. The van der Waals surface area contributed by atoms with Gasteiger partial charge >= 0.3 is 0 Å². The minimum Gasteiger partial charge on any atom is -0.438 e. The van der Waals surface area contributed by atoms with Gasteiger partial charge in [0.05, 0.1) is 12.2 Å². The topological polar surface area (TPSA) is 54.4 Å². The van der Waals surface area contributed by atoms with Gasteiger partial charge < -0.3 is 15.2 Å². The number of hydrogen-bond acceptors (Lipinski definition) is 4. The molecule has 0 spiro atoms. The third-order valence-electron chi connectivity index (χ3n) is 4.34. The van der Waals surface area contributed by atoms with Crippen molar-refractivity contribution in [3.8, 4) is 11.6 Å². The van der Waals surface area contributed by atoms with Crippen LogP contribution in [0.15, 0.2) is 22.7 Å². The van der Waals surface area contributed by atoms with Crippen LogP contribution in [0.4, 0.5) is 5.69 Å². The van der Waals surface area contributed by atoms with Crippen LogP contribution in [0.25, 0.3) is 0 Å². The maximum absolute atomic E-state index is 9.94. The van der Waals surface area contributed by atoms with Crippen LogP contribution in [0.2, 0.25) is 0 Å². The number of pyridine rings is 1. The minimum atomic E-state index is -0.125. The minimum absolute atomic E-state index is 0.125. The van der Waals surface area contributed by atoms with Crippen molar-refractivity contribution in [2.75, 3.05) is 5.32 Å². The average Bonchev–Trinajstić information content (AvgIpc) is 2.55. The predicted molar refractivity (Wildman–Crippen MR) is 107 cm³/mol. The zero-order valence-corrected chi connectivity index (χ0v) is 17.2. The number of ether oxygens (including phenoxy) is 1. The van der Waals surface area contributed by atoms with Crippen molar-refractivity contribution in [2.24, 2.45) is 0 Å². The summed E-state index contributed by atoms with van der Waals surface area (Å²) in [6.45, 7) is 10.1.